The molecular formula is C18H21N3O2. The molecule has 120 valence electrons. The number of anilines is 1. The van der Waals surface area contributed by atoms with Crippen LogP contribution in [-0.2, 0) is 4.74 Å². The lowest BCUT2D eigenvalue weighted by molar-refractivity contribution is 0.0291. The zero-order chi connectivity index (χ0) is 16.6. The van der Waals surface area contributed by atoms with Crippen molar-refractivity contribution in [3.63, 3.8) is 0 Å². The summed E-state index contributed by atoms with van der Waals surface area (Å²) < 4.78 is 5.44. The quantitative estimate of drug-likeness (QED) is 0.799. The Morgan fingerprint density at radius 3 is 2.70 bits per heavy atom. The molecule has 5 nitrogen and oxygen atoms in total. The third-order valence-corrected chi connectivity index (χ3v) is 4.06. The van der Waals surface area contributed by atoms with Crippen LogP contribution in [0.25, 0.3) is 0 Å². The fourth-order valence-electron chi connectivity index (χ4n) is 3.06. The summed E-state index contributed by atoms with van der Waals surface area (Å²) >= 11 is 0. The number of carbonyl (C=O) groups excluding carboxylic acids is 1. The molecule has 0 aromatic heterocycles. The van der Waals surface area contributed by atoms with Gasteiger partial charge in [0, 0.05) is 31.8 Å². The number of amides is 1. The van der Waals surface area contributed by atoms with Gasteiger partial charge in [-0.2, -0.15) is 5.26 Å². The van der Waals surface area contributed by atoms with Crippen molar-refractivity contribution in [3.05, 3.63) is 41.6 Å². The van der Waals surface area contributed by atoms with E-state index >= 15 is 0 Å². The first-order valence-electron chi connectivity index (χ1n) is 7.81. The van der Waals surface area contributed by atoms with E-state index in [4.69, 9.17) is 4.74 Å². The van der Waals surface area contributed by atoms with E-state index in [0.717, 1.165) is 12.2 Å². The SMILES string of the molecule is CC(C)(C)OC(=O)N1CC2=CN(c3ccccc3C#N)CC2C1. The average molecular weight is 311 g/mol. The molecule has 1 aromatic rings. The van der Waals surface area contributed by atoms with Gasteiger partial charge in [-0.15, -0.1) is 0 Å². The van der Waals surface area contributed by atoms with Crippen LogP contribution in [0.4, 0.5) is 10.5 Å². The number of benzene rings is 1. The third-order valence-electron chi connectivity index (χ3n) is 4.06. The summed E-state index contributed by atoms with van der Waals surface area (Å²) in [5, 5.41) is 9.24. The number of para-hydroxylation sites is 1. The van der Waals surface area contributed by atoms with Crippen LogP contribution in [0.5, 0.6) is 0 Å². The number of nitriles is 1. The Labute approximate surface area is 136 Å². The highest BCUT2D eigenvalue weighted by Crippen LogP contribution is 2.34. The lowest BCUT2D eigenvalue weighted by atomic mass is 10.1. The molecule has 3 rings (SSSR count). The maximum absolute atomic E-state index is 12.2. The molecule has 0 aliphatic carbocycles. The van der Waals surface area contributed by atoms with E-state index in [2.05, 4.69) is 17.2 Å². The first-order valence-corrected chi connectivity index (χ1v) is 7.81. The summed E-state index contributed by atoms with van der Waals surface area (Å²) in [4.78, 5) is 16.0. The third kappa shape index (κ3) is 3.16. The average Bonchev–Trinajstić information content (AvgIpc) is 3.03. The highest BCUT2D eigenvalue weighted by atomic mass is 16.6. The van der Waals surface area contributed by atoms with Gasteiger partial charge < -0.3 is 14.5 Å². The topological polar surface area (TPSA) is 56.6 Å². The van der Waals surface area contributed by atoms with Gasteiger partial charge in [-0.1, -0.05) is 12.1 Å². The van der Waals surface area contributed by atoms with Crippen LogP contribution < -0.4 is 4.90 Å². The second-order valence-corrected chi connectivity index (χ2v) is 7.04. The summed E-state index contributed by atoms with van der Waals surface area (Å²) in [5.74, 6) is 0.314. The van der Waals surface area contributed by atoms with Gasteiger partial charge in [-0.05, 0) is 38.5 Å². The molecule has 0 spiro atoms. The van der Waals surface area contributed by atoms with Crippen molar-refractivity contribution < 1.29 is 9.53 Å². The van der Waals surface area contributed by atoms with Crippen LogP contribution >= 0.6 is 0 Å². The van der Waals surface area contributed by atoms with Crippen LogP contribution in [0.1, 0.15) is 26.3 Å². The summed E-state index contributed by atoms with van der Waals surface area (Å²) in [5.41, 5.74) is 2.36. The van der Waals surface area contributed by atoms with Gasteiger partial charge in [0.1, 0.15) is 11.7 Å². The van der Waals surface area contributed by atoms with Crippen molar-refractivity contribution in [1.82, 2.24) is 4.90 Å². The van der Waals surface area contributed by atoms with Crippen LogP contribution in [0.15, 0.2) is 36.0 Å². The molecule has 2 aliphatic rings. The predicted molar refractivity (Wildman–Crippen MR) is 87.9 cm³/mol. The van der Waals surface area contributed by atoms with E-state index in [9.17, 15) is 10.1 Å². The molecule has 1 atom stereocenters. The smallest absolute Gasteiger partial charge is 0.410 e. The minimum atomic E-state index is -0.471. The Morgan fingerprint density at radius 1 is 1.30 bits per heavy atom. The Balaban J connectivity index is 1.72. The molecule has 2 aliphatic heterocycles. The number of nitrogens with zero attached hydrogens (tertiary/aromatic N) is 3. The Bertz CT molecular complexity index is 697. The van der Waals surface area contributed by atoms with E-state index in [1.807, 2.05) is 45.0 Å². The molecule has 1 unspecified atom stereocenters. The minimum Gasteiger partial charge on any atom is -0.444 e. The molecule has 23 heavy (non-hydrogen) atoms. The lowest BCUT2D eigenvalue weighted by Gasteiger charge is -2.25. The summed E-state index contributed by atoms with van der Waals surface area (Å²) in [6.07, 6.45) is 1.82. The zero-order valence-electron chi connectivity index (χ0n) is 13.7. The first kappa shape index (κ1) is 15.4. The van der Waals surface area contributed by atoms with Gasteiger partial charge in [-0.3, -0.25) is 0 Å². The van der Waals surface area contributed by atoms with E-state index in [1.165, 1.54) is 5.57 Å². The standard InChI is InChI=1S/C18H21N3O2/c1-18(2,3)23-17(22)21-11-14-9-20(10-15(14)12-21)16-7-5-4-6-13(16)8-19/h4-7,9,15H,10-12H2,1-3H3. The van der Waals surface area contributed by atoms with E-state index in [-0.39, 0.29) is 6.09 Å². The first-order chi connectivity index (χ1) is 10.9. The van der Waals surface area contributed by atoms with Crippen molar-refractivity contribution in [1.29, 1.82) is 5.26 Å². The number of likely N-dealkylation sites (tertiary alicyclic amines) is 1. The summed E-state index contributed by atoms with van der Waals surface area (Å²) in [7, 11) is 0. The minimum absolute atomic E-state index is 0.253. The van der Waals surface area contributed by atoms with E-state index < -0.39 is 5.60 Å². The Hall–Kier alpha value is -2.48. The monoisotopic (exact) mass is 311 g/mol. The number of hydrogen-bond donors (Lipinski definition) is 0. The van der Waals surface area contributed by atoms with Crippen molar-refractivity contribution >= 4 is 11.8 Å². The number of rotatable bonds is 1. The van der Waals surface area contributed by atoms with Crippen LogP contribution in [0.3, 0.4) is 0 Å². The molecule has 1 fully saturated rings. The highest BCUT2D eigenvalue weighted by molar-refractivity contribution is 5.70. The largest absolute Gasteiger partial charge is 0.444 e. The van der Waals surface area contributed by atoms with Gasteiger partial charge in [0.2, 0.25) is 0 Å². The maximum atomic E-state index is 12.2. The molecule has 0 bridgehead atoms. The number of ether oxygens (including phenoxy) is 1. The van der Waals surface area contributed by atoms with Crippen molar-refractivity contribution in [3.8, 4) is 6.07 Å². The molecule has 2 heterocycles. The second-order valence-electron chi connectivity index (χ2n) is 7.04. The molecule has 0 radical (unpaired) electrons. The highest BCUT2D eigenvalue weighted by Gasteiger charge is 2.37. The van der Waals surface area contributed by atoms with Crippen molar-refractivity contribution in [2.24, 2.45) is 5.92 Å². The maximum Gasteiger partial charge on any atom is 0.410 e. The van der Waals surface area contributed by atoms with Gasteiger partial charge >= 0.3 is 6.09 Å². The van der Waals surface area contributed by atoms with Crippen LogP contribution in [0, 0.1) is 17.2 Å². The predicted octanol–water partition coefficient (Wildman–Crippen LogP) is 3.13. The van der Waals surface area contributed by atoms with Gasteiger partial charge in [0.25, 0.3) is 0 Å². The van der Waals surface area contributed by atoms with Gasteiger partial charge in [0.15, 0.2) is 0 Å². The normalized spacial score (nSPS) is 20.1. The zero-order valence-corrected chi connectivity index (χ0v) is 13.7. The van der Waals surface area contributed by atoms with Crippen LogP contribution in [0.2, 0.25) is 0 Å². The summed E-state index contributed by atoms with van der Waals surface area (Å²) in [6, 6.07) is 9.84. The fraction of sp³-hybridized carbons (Fsp3) is 0.444. The van der Waals surface area contributed by atoms with Crippen molar-refractivity contribution in [2.45, 2.75) is 26.4 Å². The molecule has 1 amide bonds. The number of fused-ring (bicyclic) bond motifs is 1. The number of hydrogen-bond acceptors (Lipinski definition) is 4. The van der Waals surface area contributed by atoms with E-state index in [0.29, 0.717) is 24.6 Å². The van der Waals surface area contributed by atoms with Gasteiger partial charge in [-0.25, -0.2) is 4.79 Å². The molecule has 0 saturated carbocycles. The van der Waals surface area contributed by atoms with Crippen molar-refractivity contribution in [2.75, 3.05) is 24.5 Å². The number of carbonyl (C=O) groups is 1. The molecular weight excluding hydrogens is 290 g/mol. The Morgan fingerprint density at radius 2 is 2.04 bits per heavy atom. The second kappa shape index (κ2) is 5.62. The molecule has 0 N–H and O–H groups in total. The van der Waals surface area contributed by atoms with Crippen LogP contribution in [-0.4, -0.2) is 36.2 Å². The fourth-order valence-corrected chi connectivity index (χ4v) is 3.06. The molecule has 1 aromatic carbocycles. The van der Waals surface area contributed by atoms with E-state index in [1.54, 1.807) is 4.90 Å². The summed E-state index contributed by atoms with van der Waals surface area (Å²) in [6.45, 7) is 7.70. The Kier molecular flexibility index (Phi) is 3.77. The van der Waals surface area contributed by atoms with Gasteiger partial charge in [0.05, 0.1) is 11.3 Å². The lowest BCUT2D eigenvalue weighted by Crippen LogP contribution is -2.36. The molecule has 1 saturated heterocycles. The molecule has 5 heteroatoms.